The highest BCUT2D eigenvalue weighted by molar-refractivity contribution is 6.15. The molecule has 0 bridgehead atoms. The lowest BCUT2D eigenvalue weighted by molar-refractivity contribution is 0.0970. The second-order valence-corrected chi connectivity index (χ2v) is 6.52. The van der Waals surface area contributed by atoms with Crippen LogP contribution in [0.2, 0.25) is 0 Å². The van der Waals surface area contributed by atoms with Gasteiger partial charge >= 0.3 is 0 Å². The molecule has 1 N–H and O–H groups in total. The van der Waals surface area contributed by atoms with Gasteiger partial charge in [-0.3, -0.25) is 4.79 Å². The number of rotatable bonds is 3. The summed E-state index contributed by atoms with van der Waals surface area (Å²) in [5.74, 6) is -0.0762. The molecule has 3 aromatic rings. The molecule has 4 rings (SSSR count). The third-order valence-corrected chi connectivity index (χ3v) is 4.62. The first kappa shape index (κ1) is 14.2. The lowest BCUT2D eigenvalue weighted by atomic mass is 9.96. The molecule has 2 nitrogen and oxygen atoms in total. The Morgan fingerprint density at radius 2 is 1.91 bits per heavy atom. The molecular formula is C20H18FNO. The molecule has 3 heteroatoms. The summed E-state index contributed by atoms with van der Waals surface area (Å²) in [4.78, 5) is 16.2. The maximum atomic E-state index is 13.7. The predicted molar refractivity (Wildman–Crippen MR) is 90.2 cm³/mol. The van der Waals surface area contributed by atoms with Crippen LogP contribution < -0.4 is 0 Å². The van der Waals surface area contributed by atoms with Crippen molar-refractivity contribution in [3.8, 4) is 11.3 Å². The molecule has 1 aliphatic rings. The van der Waals surface area contributed by atoms with E-state index < -0.39 is 0 Å². The highest BCUT2D eigenvalue weighted by atomic mass is 19.1. The van der Waals surface area contributed by atoms with Gasteiger partial charge in [-0.15, -0.1) is 0 Å². The van der Waals surface area contributed by atoms with E-state index in [9.17, 15) is 9.18 Å². The summed E-state index contributed by atoms with van der Waals surface area (Å²) >= 11 is 0. The summed E-state index contributed by atoms with van der Waals surface area (Å²) in [6.45, 7) is 4.07. The molecule has 0 aliphatic heterocycles. The predicted octanol–water partition coefficient (Wildman–Crippen LogP) is 5.18. The summed E-state index contributed by atoms with van der Waals surface area (Å²) in [6.07, 6.45) is 1.88. The normalized spacial score (nSPS) is 14.4. The second kappa shape index (κ2) is 5.05. The average Bonchev–Trinajstić information content (AvgIpc) is 3.30. The molecule has 2 aromatic carbocycles. The smallest absolute Gasteiger partial charge is 0.168 e. The van der Waals surface area contributed by atoms with E-state index in [0.717, 1.165) is 40.7 Å². The molecule has 1 saturated carbocycles. The largest absolute Gasteiger partial charge is 0.354 e. The molecule has 0 saturated heterocycles. The fourth-order valence-corrected chi connectivity index (χ4v) is 3.18. The van der Waals surface area contributed by atoms with Crippen LogP contribution in [0.5, 0.6) is 0 Å². The Morgan fingerprint density at radius 3 is 2.65 bits per heavy atom. The number of Topliss-reactive ketones (excluding diaryl/α,β-unsaturated/α-hetero) is 1. The Kier molecular flexibility index (Phi) is 3.12. The first-order valence-electron chi connectivity index (χ1n) is 7.97. The van der Waals surface area contributed by atoms with E-state index in [1.807, 2.05) is 13.8 Å². The lowest BCUT2D eigenvalue weighted by Crippen LogP contribution is -2.03. The van der Waals surface area contributed by atoms with Crippen LogP contribution in [0.25, 0.3) is 22.2 Å². The Balaban J connectivity index is 2.03. The van der Waals surface area contributed by atoms with Crippen LogP contribution in [0.4, 0.5) is 4.39 Å². The van der Waals surface area contributed by atoms with Crippen LogP contribution >= 0.6 is 0 Å². The van der Waals surface area contributed by atoms with Crippen molar-refractivity contribution in [1.29, 1.82) is 0 Å². The molecule has 0 amide bonds. The molecule has 1 aliphatic carbocycles. The standard InChI is InChI=1S/C20H18FNO/c1-11-3-4-12(2)15(9-11)19-18(20(23)13-5-6-13)16-10-14(21)7-8-17(16)22-19/h3-4,7-10,13,22H,5-6H2,1-2H3. The third-order valence-electron chi connectivity index (χ3n) is 4.62. The maximum absolute atomic E-state index is 13.7. The molecule has 0 radical (unpaired) electrons. The van der Waals surface area contributed by atoms with Crippen molar-refractivity contribution >= 4 is 16.7 Å². The van der Waals surface area contributed by atoms with Crippen molar-refractivity contribution in [2.45, 2.75) is 26.7 Å². The van der Waals surface area contributed by atoms with E-state index in [0.29, 0.717) is 10.9 Å². The van der Waals surface area contributed by atoms with Crippen molar-refractivity contribution in [1.82, 2.24) is 4.98 Å². The monoisotopic (exact) mass is 307 g/mol. The summed E-state index contributed by atoms with van der Waals surface area (Å²) in [5, 5.41) is 0.692. The van der Waals surface area contributed by atoms with Gasteiger partial charge in [-0.1, -0.05) is 17.7 Å². The van der Waals surface area contributed by atoms with Gasteiger partial charge in [0.1, 0.15) is 5.82 Å². The van der Waals surface area contributed by atoms with Crippen LogP contribution in [-0.2, 0) is 0 Å². The van der Waals surface area contributed by atoms with E-state index in [-0.39, 0.29) is 17.5 Å². The van der Waals surface area contributed by atoms with E-state index in [2.05, 4.69) is 23.2 Å². The first-order chi connectivity index (χ1) is 11.0. The number of halogens is 1. The van der Waals surface area contributed by atoms with Crippen molar-refractivity contribution in [2.24, 2.45) is 5.92 Å². The van der Waals surface area contributed by atoms with Crippen LogP contribution in [0, 0.1) is 25.6 Å². The zero-order valence-corrected chi connectivity index (χ0v) is 13.2. The fraction of sp³-hybridized carbons (Fsp3) is 0.250. The molecule has 0 atom stereocenters. The van der Waals surface area contributed by atoms with Gasteiger partial charge in [0.15, 0.2) is 5.78 Å². The zero-order valence-electron chi connectivity index (χ0n) is 13.2. The molecular weight excluding hydrogens is 289 g/mol. The van der Waals surface area contributed by atoms with Gasteiger partial charge in [0, 0.05) is 22.4 Å². The Hall–Kier alpha value is -2.42. The number of carbonyl (C=O) groups excluding carboxylic acids is 1. The van der Waals surface area contributed by atoms with E-state index in [1.165, 1.54) is 12.1 Å². The highest BCUT2D eigenvalue weighted by Gasteiger charge is 2.34. The molecule has 0 spiro atoms. The number of aryl methyl sites for hydroxylation is 2. The zero-order chi connectivity index (χ0) is 16.1. The van der Waals surface area contributed by atoms with Crippen LogP contribution in [0.15, 0.2) is 36.4 Å². The minimum Gasteiger partial charge on any atom is -0.354 e. The number of H-pyrrole nitrogens is 1. The van der Waals surface area contributed by atoms with Crippen molar-refractivity contribution in [3.63, 3.8) is 0 Å². The highest BCUT2D eigenvalue weighted by Crippen LogP contribution is 2.40. The van der Waals surface area contributed by atoms with Gasteiger partial charge in [-0.2, -0.15) is 0 Å². The summed E-state index contributed by atoms with van der Waals surface area (Å²) in [6, 6.07) is 10.8. The number of benzene rings is 2. The summed E-state index contributed by atoms with van der Waals surface area (Å²) < 4.78 is 13.7. The number of aromatic amines is 1. The minimum atomic E-state index is -0.311. The minimum absolute atomic E-state index is 0.0983. The molecule has 23 heavy (non-hydrogen) atoms. The molecule has 0 unspecified atom stereocenters. The molecule has 1 aromatic heterocycles. The first-order valence-corrected chi connectivity index (χ1v) is 7.97. The van der Waals surface area contributed by atoms with Gasteiger partial charge in [0.25, 0.3) is 0 Å². The van der Waals surface area contributed by atoms with Gasteiger partial charge in [0.05, 0.1) is 11.3 Å². The van der Waals surface area contributed by atoms with Crippen LogP contribution in [0.1, 0.15) is 34.3 Å². The molecule has 1 heterocycles. The number of nitrogens with one attached hydrogen (secondary N) is 1. The van der Waals surface area contributed by atoms with Gasteiger partial charge < -0.3 is 4.98 Å². The lowest BCUT2D eigenvalue weighted by Gasteiger charge is -2.08. The van der Waals surface area contributed by atoms with E-state index >= 15 is 0 Å². The van der Waals surface area contributed by atoms with Crippen molar-refractivity contribution < 1.29 is 9.18 Å². The number of ketones is 1. The van der Waals surface area contributed by atoms with E-state index in [4.69, 9.17) is 0 Å². The van der Waals surface area contributed by atoms with Gasteiger partial charge in [-0.25, -0.2) is 4.39 Å². The van der Waals surface area contributed by atoms with Gasteiger partial charge in [0.2, 0.25) is 0 Å². The number of hydrogen-bond acceptors (Lipinski definition) is 1. The number of fused-ring (bicyclic) bond motifs is 1. The maximum Gasteiger partial charge on any atom is 0.168 e. The van der Waals surface area contributed by atoms with Crippen molar-refractivity contribution in [3.05, 3.63) is 58.9 Å². The Bertz CT molecular complexity index is 934. The number of aromatic nitrogens is 1. The second-order valence-electron chi connectivity index (χ2n) is 6.52. The summed E-state index contributed by atoms with van der Waals surface area (Å²) in [5.41, 5.74) is 5.55. The third kappa shape index (κ3) is 2.37. The van der Waals surface area contributed by atoms with Crippen LogP contribution in [-0.4, -0.2) is 10.8 Å². The number of hydrogen-bond donors (Lipinski definition) is 1. The van der Waals surface area contributed by atoms with Crippen molar-refractivity contribution in [2.75, 3.05) is 0 Å². The molecule has 116 valence electrons. The van der Waals surface area contributed by atoms with Gasteiger partial charge in [-0.05, 0) is 56.5 Å². The quantitative estimate of drug-likeness (QED) is 0.664. The van der Waals surface area contributed by atoms with E-state index in [1.54, 1.807) is 6.07 Å². The summed E-state index contributed by atoms with van der Waals surface area (Å²) in [7, 11) is 0. The fourth-order valence-electron chi connectivity index (χ4n) is 3.18. The SMILES string of the molecule is Cc1ccc(C)c(-c2[nH]c3ccc(F)cc3c2C(=O)C2CC2)c1. The topological polar surface area (TPSA) is 32.9 Å². The Morgan fingerprint density at radius 1 is 1.13 bits per heavy atom. The average molecular weight is 307 g/mol. The molecule has 1 fully saturated rings. The Labute approximate surface area is 134 Å². The number of carbonyl (C=O) groups is 1. The van der Waals surface area contributed by atoms with Crippen LogP contribution in [0.3, 0.4) is 0 Å².